The van der Waals surface area contributed by atoms with Gasteiger partial charge in [-0.2, -0.15) is 0 Å². The summed E-state index contributed by atoms with van der Waals surface area (Å²) < 4.78 is 5.74. The van der Waals surface area contributed by atoms with E-state index in [0.29, 0.717) is 12.2 Å². The summed E-state index contributed by atoms with van der Waals surface area (Å²) >= 11 is 3.21. The van der Waals surface area contributed by atoms with Crippen molar-refractivity contribution in [2.75, 3.05) is 19.0 Å². The van der Waals surface area contributed by atoms with Crippen molar-refractivity contribution in [1.29, 1.82) is 0 Å². The van der Waals surface area contributed by atoms with Gasteiger partial charge in [0.1, 0.15) is 4.60 Å². The Labute approximate surface area is 103 Å². The maximum atomic E-state index is 11.5. The minimum atomic E-state index is -0.247. The van der Waals surface area contributed by atoms with Crippen LogP contribution in [0, 0.1) is 0 Å². The number of halogens is 1. The molecule has 1 unspecified atom stereocenters. The highest BCUT2D eigenvalue weighted by Crippen LogP contribution is 2.11. The van der Waals surface area contributed by atoms with Crippen LogP contribution in [0.1, 0.15) is 6.42 Å². The molecule has 1 rings (SSSR count). The van der Waals surface area contributed by atoms with Crippen molar-refractivity contribution in [3.63, 3.8) is 0 Å². The Balaban J connectivity index is 2.48. The lowest BCUT2D eigenvalue weighted by atomic mass is 10.2. The molecule has 0 aromatic carbocycles. The summed E-state index contributed by atoms with van der Waals surface area (Å²) in [5, 5.41) is 2.71. The number of anilines is 1. The molecule has 0 spiro atoms. The first-order valence-electron chi connectivity index (χ1n) is 4.80. The van der Waals surface area contributed by atoms with Crippen molar-refractivity contribution in [2.45, 2.75) is 12.5 Å². The van der Waals surface area contributed by atoms with Crippen molar-refractivity contribution >= 4 is 27.5 Å². The summed E-state index contributed by atoms with van der Waals surface area (Å²) in [7, 11) is 1.53. The minimum Gasteiger partial charge on any atom is -0.380 e. The van der Waals surface area contributed by atoms with Crippen LogP contribution in [-0.4, -0.2) is 30.6 Å². The highest BCUT2D eigenvalue weighted by molar-refractivity contribution is 9.10. The molecular formula is C10H14BrN3O2. The standard InChI is InChI=1S/C10H14BrN3O2/c1-16-8(5-12)4-10(15)14-7-2-3-9(11)13-6-7/h2-3,6,8H,4-5,12H2,1H3,(H,14,15). The molecule has 6 heteroatoms. The Morgan fingerprint density at radius 3 is 2.94 bits per heavy atom. The topological polar surface area (TPSA) is 77.2 Å². The molecule has 0 aliphatic heterocycles. The molecule has 1 aromatic rings. The molecule has 88 valence electrons. The Bertz CT molecular complexity index is 338. The summed E-state index contributed by atoms with van der Waals surface area (Å²) in [6.45, 7) is 0.322. The van der Waals surface area contributed by atoms with Gasteiger partial charge >= 0.3 is 0 Å². The number of nitrogens with one attached hydrogen (secondary N) is 1. The summed E-state index contributed by atoms with van der Waals surface area (Å²) in [4.78, 5) is 15.5. The van der Waals surface area contributed by atoms with Crippen LogP contribution < -0.4 is 11.1 Å². The molecular weight excluding hydrogens is 274 g/mol. The zero-order chi connectivity index (χ0) is 12.0. The van der Waals surface area contributed by atoms with Gasteiger partial charge in [-0.15, -0.1) is 0 Å². The van der Waals surface area contributed by atoms with Crippen LogP contribution in [0.4, 0.5) is 5.69 Å². The van der Waals surface area contributed by atoms with Gasteiger partial charge in [0.25, 0.3) is 0 Å². The average Bonchev–Trinajstić information content (AvgIpc) is 2.29. The quantitative estimate of drug-likeness (QED) is 0.797. The number of methoxy groups -OCH3 is 1. The van der Waals surface area contributed by atoms with Gasteiger partial charge in [0, 0.05) is 13.7 Å². The Kier molecular flexibility index (Phi) is 5.37. The molecule has 0 saturated carbocycles. The SMILES string of the molecule is COC(CN)CC(=O)Nc1ccc(Br)nc1. The molecule has 5 nitrogen and oxygen atoms in total. The maximum Gasteiger partial charge on any atom is 0.227 e. The fraction of sp³-hybridized carbons (Fsp3) is 0.400. The first kappa shape index (κ1) is 13.1. The van der Waals surface area contributed by atoms with Crippen LogP contribution in [0.25, 0.3) is 0 Å². The van der Waals surface area contributed by atoms with Crippen LogP contribution in [0.3, 0.4) is 0 Å². The van der Waals surface area contributed by atoms with E-state index in [0.717, 1.165) is 4.60 Å². The van der Waals surface area contributed by atoms with Gasteiger partial charge in [0.15, 0.2) is 0 Å². The van der Waals surface area contributed by atoms with Crippen LogP contribution in [0.15, 0.2) is 22.9 Å². The van der Waals surface area contributed by atoms with E-state index in [9.17, 15) is 4.79 Å². The highest BCUT2D eigenvalue weighted by atomic mass is 79.9. The Hall–Kier alpha value is -0.980. The summed E-state index contributed by atoms with van der Waals surface area (Å²) in [5.41, 5.74) is 6.07. The van der Waals surface area contributed by atoms with Gasteiger partial charge in [0.05, 0.1) is 24.4 Å². The Morgan fingerprint density at radius 2 is 2.44 bits per heavy atom. The molecule has 1 aromatic heterocycles. The zero-order valence-electron chi connectivity index (χ0n) is 8.94. The number of carbonyl (C=O) groups excluding carboxylic acids is 1. The fourth-order valence-electron chi connectivity index (χ4n) is 1.13. The van der Waals surface area contributed by atoms with Crippen molar-refractivity contribution in [3.8, 4) is 0 Å². The number of hydrogen-bond donors (Lipinski definition) is 2. The lowest BCUT2D eigenvalue weighted by Gasteiger charge is -2.12. The first-order chi connectivity index (χ1) is 7.65. The number of nitrogens with zero attached hydrogens (tertiary/aromatic N) is 1. The molecule has 1 atom stereocenters. The molecule has 16 heavy (non-hydrogen) atoms. The second-order valence-electron chi connectivity index (χ2n) is 3.22. The lowest BCUT2D eigenvalue weighted by Crippen LogP contribution is -2.28. The number of rotatable bonds is 5. The monoisotopic (exact) mass is 287 g/mol. The number of ether oxygens (including phenoxy) is 1. The molecule has 0 aliphatic carbocycles. The van der Waals surface area contributed by atoms with Crippen molar-refractivity contribution in [1.82, 2.24) is 4.98 Å². The Morgan fingerprint density at radius 1 is 1.69 bits per heavy atom. The van der Waals surface area contributed by atoms with Crippen LogP contribution >= 0.6 is 15.9 Å². The smallest absolute Gasteiger partial charge is 0.227 e. The van der Waals surface area contributed by atoms with Crippen LogP contribution in [0.2, 0.25) is 0 Å². The van der Waals surface area contributed by atoms with Crippen LogP contribution in [-0.2, 0) is 9.53 Å². The number of amides is 1. The molecule has 0 fully saturated rings. The van der Waals surface area contributed by atoms with E-state index in [1.54, 1.807) is 18.3 Å². The molecule has 1 amide bonds. The molecule has 0 bridgehead atoms. The van der Waals surface area contributed by atoms with Gasteiger partial charge < -0.3 is 15.8 Å². The van der Waals surface area contributed by atoms with Gasteiger partial charge in [-0.25, -0.2) is 4.98 Å². The van der Waals surface area contributed by atoms with E-state index in [-0.39, 0.29) is 18.4 Å². The molecule has 0 radical (unpaired) electrons. The first-order valence-corrected chi connectivity index (χ1v) is 5.59. The molecule has 0 aliphatic rings. The third kappa shape index (κ3) is 4.26. The number of aromatic nitrogens is 1. The van der Waals surface area contributed by atoms with E-state index in [1.807, 2.05) is 0 Å². The molecule has 3 N–H and O–H groups in total. The van der Waals surface area contributed by atoms with E-state index < -0.39 is 0 Å². The number of nitrogens with two attached hydrogens (primary N) is 1. The second-order valence-corrected chi connectivity index (χ2v) is 4.03. The van der Waals surface area contributed by atoms with E-state index in [2.05, 4.69) is 26.2 Å². The second kappa shape index (κ2) is 6.57. The largest absolute Gasteiger partial charge is 0.380 e. The molecule has 0 saturated heterocycles. The van der Waals surface area contributed by atoms with Crippen molar-refractivity contribution in [2.24, 2.45) is 5.73 Å². The fourth-order valence-corrected chi connectivity index (χ4v) is 1.37. The predicted molar refractivity (Wildman–Crippen MR) is 65.0 cm³/mol. The predicted octanol–water partition coefficient (Wildman–Crippen LogP) is 1.15. The van der Waals surface area contributed by atoms with Gasteiger partial charge in [0.2, 0.25) is 5.91 Å². The van der Waals surface area contributed by atoms with E-state index in [4.69, 9.17) is 10.5 Å². The third-order valence-electron chi connectivity index (χ3n) is 2.02. The van der Waals surface area contributed by atoms with Crippen molar-refractivity contribution in [3.05, 3.63) is 22.9 Å². The van der Waals surface area contributed by atoms with E-state index in [1.165, 1.54) is 7.11 Å². The summed E-state index contributed by atoms with van der Waals surface area (Å²) in [6, 6.07) is 3.52. The van der Waals surface area contributed by atoms with Crippen LogP contribution in [0.5, 0.6) is 0 Å². The number of carbonyl (C=O) groups is 1. The van der Waals surface area contributed by atoms with Gasteiger partial charge in [-0.05, 0) is 28.1 Å². The normalized spacial score (nSPS) is 12.2. The zero-order valence-corrected chi connectivity index (χ0v) is 10.5. The summed E-state index contributed by atoms with van der Waals surface area (Å²) in [6.07, 6.45) is 1.57. The maximum absolute atomic E-state index is 11.5. The lowest BCUT2D eigenvalue weighted by molar-refractivity contribution is -0.118. The van der Waals surface area contributed by atoms with E-state index >= 15 is 0 Å². The molecule has 1 heterocycles. The van der Waals surface area contributed by atoms with Gasteiger partial charge in [-0.1, -0.05) is 0 Å². The third-order valence-corrected chi connectivity index (χ3v) is 2.49. The minimum absolute atomic E-state index is 0.138. The number of hydrogen-bond acceptors (Lipinski definition) is 4. The van der Waals surface area contributed by atoms with Gasteiger partial charge in [-0.3, -0.25) is 4.79 Å². The number of pyridine rings is 1. The average molecular weight is 288 g/mol. The van der Waals surface area contributed by atoms with Crippen molar-refractivity contribution < 1.29 is 9.53 Å². The summed E-state index contributed by atoms with van der Waals surface area (Å²) in [5.74, 6) is -0.138. The highest BCUT2D eigenvalue weighted by Gasteiger charge is 2.11.